The molecule has 0 unspecified atom stereocenters. The Morgan fingerprint density at radius 1 is 1.38 bits per heavy atom. The Labute approximate surface area is 131 Å². The van der Waals surface area contributed by atoms with Gasteiger partial charge < -0.3 is 10.1 Å². The van der Waals surface area contributed by atoms with Gasteiger partial charge in [0.15, 0.2) is 0 Å². The highest BCUT2D eigenvalue weighted by atomic mass is 35.5. The van der Waals surface area contributed by atoms with Gasteiger partial charge in [-0.1, -0.05) is 25.4 Å². The van der Waals surface area contributed by atoms with E-state index in [4.69, 9.17) is 16.3 Å². The van der Waals surface area contributed by atoms with Crippen molar-refractivity contribution < 1.29 is 9.53 Å². The first-order valence-corrected chi connectivity index (χ1v) is 7.71. The lowest BCUT2D eigenvalue weighted by molar-refractivity contribution is -0.117. The van der Waals surface area contributed by atoms with Crippen LogP contribution in [-0.4, -0.2) is 37.6 Å². The summed E-state index contributed by atoms with van der Waals surface area (Å²) in [6, 6.07) is 5.26. The second-order valence-corrected chi connectivity index (χ2v) is 6.44. The lowest BCUT2D eigenvalue weighted by atomic mass is 9.92. The lowest BCUT2D eigenvalue weighted by Gasteiger charge is -2.34. The summed E-state index contributed by atoms with van der Waals surface area (Å²) in [4.78, 5) is 14.4. The van der Waals surface area contributed by atoms with Gasteiger partial charge in [-0.15, -0.1) is 0 Å². The molecule has 2 rings (SSSR count). The largest absolute Gasteiger partial charge is 0.495 e. The van der Waals surface area contributed by atoms with Gasteiger partial charge in [-0.3, -0.25) is 9.69 Å². The zero-order valence-corrected chi connectivity index (χ0v) is 13.6. The van der Waals surface area contributed by atoms with Crippen molar-refractivity contribution in [1.29, 1.82) is 0 Å². The Bertz CT molecular complexity index is 497. The molecule has 1 aliphatic rings. The fraction of sp³-hybridized carbons (Fsp3) is 0.562. The predicted molar refractivity (Wildman–Crippen MR) is 86.0 cm³/mol. The number of carbonyl (C=O) groups is 1. The fourth-order valence-electron chi connectivity index (χ4n) is 3.07. The van der Waals surface area contributed by atoms with Gasteiger partial charge in [-0.2, -0.15) is 0 Å². The third-order valence-electron chi connectivity index (χ3n) is 3.75. The minimum atomic E-state index is -0.00228. The molecule has 4 nitrogen and oxygen atoms in total. The molecule has 1 amide bonds. The summed E-state index contributed by atoms with van der Waals surface area (Å²) in [6.07, 6.45) is 1.24. The highest BCUT2D eigenvalue weighted by Crippen LogP contribution is 2.27. The van der Waals surface area contributed by atoms with Crippen LogP contribution in [0.25, 0.3) is 0 Å². The Morgan fingerprint density at radius 2 is 2.05 bits per heavy atom. The van der Waals surface area contributed by atoms with E-state index in [1.54, 1.807) is 25.3 Å². The van der Waals surface area contributed by atoms with E-state index in [0.717, 1.165) is 13.1 Å². The maximum atomic E-state index is 12.1. The minimum Gasteiger partial charge on any atom is -0.495 e. The number of nitrogens with one attached hydrogen (secondary N) is 1. The number of anilines is 1. The molecule has 0 aliphatic carbocycles. The van der Waals surface area contributed by atoms with Crippen LogP contribution in [0.5, 0.6) is 5.75 Å². The van der Waals surface area contributed by atoms with Gasteiger partial charge in [0.2, 0.25) is 5.91 Å². The number of hydrogen-bond donors (Lipinski definition) is 1. The third-order valence-corrected chi connectivity index (χ3v) is 4.04. The smallest absolute Gasteiger partial charge is 0.238 e. The number of piperidine rings is 1. The van der Waals surface area contributed by atoms with Crippen LogP contribution in [0.2, 0.25) is 5.02 Å². The molecule has 1 saturated heterocycles. The first kappa shape index (κ1) is 16.1. The maximum Gasteiger partial charge on any atom is 0.238 e. The summed E-state index contributed by atoms with van der Waals surface area (Å²) >= 11 is 6.06. The number of halogens is 1. The van der Waals surface area contributed by atoms with Crippen molar-refractivity contribution in [2.75, 3.05) is 32.1 Å². The third kappa shape index (κ3) is 4.61. The van der Waals surface area contributed by atoms with E-state index in [2.05, 4.69) is 24.1 Å². The zero-order chi connectivity index (χ0) is 15.4. The molecule has 1 aromatic rings. The second-order valence-electron chi connectivity index (χ2n) is 6.04. The number of hydrogen-bond acceptors (Lipinski definition) is 3. The number of benzene rings is 1. The Balaban J connectivity index is 1.91. The van der Waals surface area contributed by atoms with Gasteiger partial charge >= 0.3 is 0 Å². The van der Waals surface area contributed by atoms with Crippen molar-refractivity contribution in [2.24, 2.45) is 11.8 Å². The average molecular weight is 311 g/mol. The van der Waals surface area contributed by atoms with Crippen LogP contribution in [0.15, 0.2) is 18.2 Å². The molecule has 116 valence electrons. The van der Waals surface area contributed by atoms with Gasteiger partial charge in [0.1, 0.15) is 5.75 Å². The molecular formula is C16H23ClN2O2. The molecular weight excluding hydrogens is 288 g/mol. The van der Waals surface area contributed by atoms with E-state index in [0.29, 0.717) is 34.8 Å². The zero-order valence-electron chi connectivity index (χ0n) is 12.9. The summed E-state index contributed by atoms with van der Waals surface area (Å²) < 4.78 is 5.10. The van der Waals surface area contributed by atoms with Crippen LogP contribution in [0, 0.1) is 11.8 Å². The van der Waals surface area contributed by atoms with Crippen LogP contribution in [-0.2, 0) is 4.79 Å². The number of amides is 1. The molecule has 1 fully saturated rings. The fourth-order valence-corrected chi connectivity index (χ4v) is 3.33. The molecule has 21 heavy (non-hydrogen) atoms. The van der Waals surface area contributed by atoms with E-state index in [1.165, 1.54) is 6.42 Å². The monoisotopic (exact) mass is 310 g/mol. The molecule has 0 aromatic heterocycles. The first-order valence-electron chi connectivity index (χ1n) is 7.33. The van der Waals surface area contributed by atoms with Crippen LogP contribution in [0.3, 0.4) is 0 Å². The van der Waals surface area contributed by atoms with E-state index < -0.39 is 0 Å². The van der Waals surface area contributed by atoms with Crippen LogP contribution >= 0.6 is 11.6 Å². The molecule has 0 radical (unpaired) electrons. The number of carbonyl (C=O) groups excluding carboxylic acids is 1. The predicted octanol–water partition coefficient (Wildman–Crippen LogP) is 3.27. The summed E-state index contributed by atoms with van der Waals surface area (Å²) in [6.45, 7) is 6.88. The Morgan fingerprint density at radius 3 is 2.62 bits per heavy atom. The van der Waals surface area contributed by atoms with Crippen molar-refractivity contribution in [1.82, 2.24) is 4.90 Å². The second kappa shape index (κ2) is 7.14. The summed E-state index contributed by atoms with van der Waals surface area (Å²) in [5, 5.41) is 3.39. The topological polar surface area (TPSA) is 41.6 Å². The van der Waals surface area contributed by atoms with Gasteiger partial charge in [0, 0.05) is 18.8 Å². The van der Waals surface area contributed by atoms with Gasteiger partial charge in [-0.25, -0.2) is 0 Å². The standard InChI is InChI=1S/C16H23ClN2O2/c1-11-6-12(2)9-19(8-11)10-16(20)18-13-4-5-15(21-3)14(17)7-13/h4-5,7,11-12H,6,8-10H2,1-3H3,(H,18,20)/t11-,12-/m0/s1. The average Bonchev–Trinajstić information content (AvgIpc) is 2.37. The molecule has 0 saturated carbocycles. The molecule has 2 atom stereocenters. The molecule has 1 aliphatic heterocycles. The summed E-state index contributed by atoms with van der Waals surface area (Å²) in [7, 11) is 1.57. The van der Waals surface area contributed by atoms with Crippen LogP contribution in [0.4, 0.5) is 5.69 Å². The SMILES string of the molecule is COc1ccc(NC(=O)CN2C[C@@H](C)C[C@H](C)C2)cc1Cl. The highest BCUT2D eigenvalue weighted by molar-refractivity contribution is 6.32. The summed E-state index contributed by atoms with van der Waals surface area (Å²) in [5.41, 5.74) is 0.698. The quantitative estimate of drug-likeness (QED) is 0.928. The Hall–Kier alpha value is -1.26. The van der Waals surface area contributed by atoms with Crippen LogP contribution < -0.4 is 10.1 Å². The van der Waals surface area contributed by atoms with E-state index >= 15 is 0 Å². The molecule has 1 heterocycles. The van der Waals surface area contributed by atoms with E-state index in [9.17, 15) is 4.79 Å². The van der Waals surface area contributed by atoms with Gasteiger partial charge in [-0.05, 0) is 36.5 Å². The van der Waals surface area contributed by atoms with Crippen molar-refractivity contribution in [2.45, 2.75) is 20.3 Å². The molecule has 1 N–H and O–H groups in total. The number of rotatable bonds is 4. The van der Waals surface area contributed by atoms with Crippen molar-refractivity contribution >= 4 is 23.2 Å². The summed E-state index contributed by atoms with van der Waals surface area (Å²) in [5.74, 6) is 1.90. The highest BCUT2D eigenvalue weighted by Gasteiger charge is 2.23. The van der Waals surface area contributed by atoms with Gasteiger partial charge in [0.25, 0.3) is 0 Å². The van der Waals surface area contributed by atoms with Crippen molar-refractivity contribution in [3.63, 3.8) is 0 Å². The number of methoxy groups -OCH3 is 1. The molecule has 1 aromatic carbocycles. The van der Waals surface area contributed by atoms with Crippen molar-refractivity contribution in [3.05, 3.63) is 23.2 Å². The van der Waals surface area contributed by atoms with E-state index in [-0.39, 0.29) is 5.91 Å². The van der Waals surface area contributed by atoms with Crippen LogP contribution in [0.1, 0.15) is 20.3 Å². The van der Waals surface area contributed by atoms with E-state index in [1.807, 2.05) is 0 Å². The normalized spacial score (nSPS) is 22.9. The number of nitrogens with zero attached hydrogens (tertiary/aromatic N) is 1. The first-order chi connectivity index (χ1) is 9.97. The Kier molecular flexibility index (Phi) is 5.48. The molecule has 0 bridgehead atoms. The van der Waals surface area contributed by atoms with Crippen molar-refractivity contribution in [3.8, 4) is 5.75 Å². The lowest BCUT2D eigenvalue weighted by Crippen LogP contribution is -2.42. The van der Waals surface area contributed by atoms with Gasteiger partial charge in [0.05, 0.1) is 18.7 Å². The number of likely N-dealkylation sites (tertiary alicyclic amines) is 1. The molecule has 0 spiro atoms. The molecule has 5 heteroatoms. The minimum absolute atomic E-state index is 0.00228. The maximum absolute atomic E-state index is 12.1. The number of ether oxygens (including phenoxy) is 1.